The topological polar surface area (TPSA) is 57.6 Å². The summed E-state index contributed by atoms with van der Waals surface area (Å²) in [5, 5.41) is 10.1. The predicted molar refractivity (Wildman–Crippen MR) is 66.7 cm³/mol. The first kappa shape index (κ1) is 12.9. The maximum Gasteiger partial charge on any atom is 0.224 e. The molecule has 1 saturated carbocycles. The normalized spacial score (nSPS) is 34.1. The Balaban J connectivity index is 1.97. The minimum absolute atomic E-state index is 0.0196. The maximum absolute atomic E-state index is 11.9. The summed E-state index contributed by atoms with van der Waals surface area (Å²) in [6, 6.07) is -0.0196. The van der Waals surface area contributed by atoms with Gasteiger partial charge in [-0.05, 0) is 12.8 Å². The van der Waals surface area contributed by atoms with Gasteiger partial charge in [0.25, 0.3) is 0 Å². The highest BCUT2D eigenvalue weighted by atomic mass is 32.2. The monoisotopic (exact) mass is 257 g/mol. The van der Waals surface area contributed by atoms with E-state index in [0.29, 0.717) is 13.0 Å². The van der Waals surface area contributed by atoms with E-state index in [4.69, 9.17) is 0 Å². The van der Waals surface area contributed by atoms with Crippen molar-refractivity contribution in [2.24, 2.45) is 0 Å². The van der Waals surface area contributed by atoms with Gasteiger partial charge in [-0.3, -0.25) is 9.59 Å². The van der Waals surface area contributed by atoms with Gasteiger partial charge in [0, 0.05) is 25.1 Å². The lowest BCUT2D eigenvalue weighted by molar-refractivity contribution is -0.133. The molecule has 1 aliphatic heterocycles. The number of nitrogens with zero attached hydrogens (tertiary/aromatic N) is 1. The first-order chi connectivity index (χ1) is 8.08. The Hall–Kier alpha value is -0.550. The Morgan fingerprint density at radius 3 is 2.76 bits per heavy atom. The zero-order chi connectivity index (χ0) is 12.4. The zero-order valence-corrected chi connectivity index (χ0v) is 10.9. The third-order valence-corrected chi connectivity index (χ3v) is 4.53. The van der Waals surface area contributed by atoms with Crippen LogP contribution >= 0.6 is 11.8 Å². The molecule has 0 aromatic carbocycles. The summed E-state index contributed by atoms with van der Waals surface area (Å²) in [4.78, 5) is 24.7. The Bertz CT molecular complexity index is 321. The summed E-state index contributed by atoms with van der Waals surface area (Å²) in [7, 11) is 0. The summed E-state index contributed by atoms with van der Waals surface area (Å²) in [6.45, 7) is 2.15. The third kappa shape index (κ3) is 3.01. The van der Waals surface area contributed by atoms with Crippen LogP contribution in [0.25, 0.3) is 0 Å². The average Bonchev–Trinajstić information content (AvgIpc) is 2.59. The summed E-state index contributed by atoms with van der Waals surface area (Å²) < 4.78 is 0. The number of carbonyl (C=O) groups is 2. The third-order valence-electron chi connectivity index (χ3n) is 3.55. The van der Waals surface area contributed by atoms with Gasteiger partial charge in [0.1, 0.15) is 0 Å². The van der Waals surface area contributed by atoms with Gasteiger partial charge in [-0.15, -0.1) is 0 Å². The Labute approximate surface area is 106 Å². The number of aliphatic hydroxyl groups excluding tert-OH is 1. The van der Waals surface area contributed by atoms with E-state index < -0.39 is 0 Å². The van der Waals surface area contributed by atoms with Crippen molar-refractivity contribution in [1.82, 2.24) is 4.90 Å². The van der Waals surface area contributed by atoms with Crippen LogP contribution in [0.5, 0.6) is 0 Å². The molecule has 1 saturated heterocycles. The number of amides is 1. The van der Waals surface area contributed by atoms with E-state index in [1.54, 1.807) is 4.90 Å². The highest BCUT2D eigenvalue weighted by molar-refractivity contribution is 8.14. The molecule has 5 heteroatoms. The molecule has 0 aromatic rings. The van der Waals surface area contributed by atoms with Crippen LogP contribution in [0.2, 0.25) is 0 Å². The number of aliphatic hydroxyl groups is 1. The molecule has 2 rings (SSSR count). The molecule has 0 spiro atoms. The van der Waals surface area contributed by atoms with Crippen LogP contribution in [0.3, 0.4) is 0 Å². The summed E-state index contributed by atoms with van der Waals surface area (Å²) in [5.74, 6) is 0.0923. The molecule has 2 fully saturated rings. The second kappa shape index (κ2) is 5.40. The molecule has 0 aromatic heterocycles. The van der Waals surface area contributed by atoms with Crippen molar-refractivity contribution in [3.8, 4) is 0 Å². The first-order valence-electron chi connectivity index (χ1n) is 6.22. The van der Waals surface area contributed by atoms with Crippen molar-refractivity contribution in [3.63, 3.8) is 0 Å². The highest BCUT2D eigenvalue weighted by Gasteiger charge is 2.38. The fraction of sp³-hybridized carbons (Fsp3) is 0.833. The number of carbonyl (C=O) groups excluding carboxylic acids is 2. The highest BCUT2D eigenvalue weighted by Crippen LogP contribution is 2.31. The molecular formula is C12H19NO3S. The number of likely N-dealkylation sites (tertiary alicyclic amines) is 1. The average molecular weight is 257 g/mol. The molecule has 1 aliphatic carbocycles. The van der Waals surface area contributed by atoms with Crippen LogP contribution in [0.1, 0.15) is 39.0 Å². The van der Waals surface area contributed by atoms with E-state index in [0.717, 1.165) is 25.7 Å². The number of hydrogen-bond acceptors (Lipinski definition) is 4. The lowest BCUT2D eigenvalue weighted by atomic mass is 9.91. The van der Waals surface area contributed by atoms with E-state index in [9.17, 15) is 14.7 Å². The van der Waals surface area contributed by atoms with Crippen LogP contribution in [0.15, 0.2) is 0 Å². The van der Waals surface area contributed by atoms with Crippen LogP contribution in [-0.2, 0) is 9.59 Å². The molecule has 0 bridgehead atoms. The molecule has 1 N–H and O–H groups in total. The molecule has 96 valence electrons. The SMILES string of the molecule is CC(=O)SC1CC(=O)N(C2CCCCC2O)C1. The molecule has 0 radical (unpaired) electrons. The second-order valence-electron chi connectivity index (χ2n) is 4.90. The fourth-order valence-electron chi connectivity index (χ4n) is 2.79. The van der Waals surface area contributed by atoms with Crippen molar-refractivity contribution in [3.05, 3.63) is 0 Å². The van der Waals surface area contributed by atoms with Crippen LogP contribution in [0.4, 0.5) is 0 Å². The first-order valence-corrected chi connectivity index (χ1v) is 7.10. The lowest BCUT2D eigenvalue weighted by Crippen LogP contribution is -2.46. The van der Waals surface area contributed by atoms with Crippen molar-refractivity contribution in [2.75, 3.05) is 6.54 Å². The fourth-order valence-corrected chi connectivity index (χ4v) is 3.72. The molecule has 17 heavy (non-hydrogen) atoms. The van der Waals surface area contributed by atoms with Crippen molar-refractivity contribution in [2.45, 2.75) is 56.4 Å². The minimum atomic E-state index is -0.381. The molecule has 3 atom stereocenters. The number of hydrogen-bond donors (Lipinski definition) is 1. The van der Waals surface area contributed by atoms with E-state index in [-0.39, 0.29) is 28.4 Å². The predicted octanol–water partition coefficient (Wildman–Crippen LogP) is 1.17. The summed E-state index contributed by atoms with van der Waals surface area (Å²) in [5.41, 5.74) is 0. The van der Waals surface area contributed by atoms with Crippen LogP contribution < -0.4 is 0 Å². The van der Waals surface area contributed by atoms with Crippen molar-refractivity contribution in [1.29, 1.82) is 0 Å². The molecule has 2 aliphatic rings. The summed E-state index contributed by atoms with van der Waals surface area (Å²) in [6.07, 6.45) is 3.87. The van der Waals surface area contributed by atoms with Gasteiger partial charge >= 0.3 is 0 Å². The van der Waals surface area contributed by atoms with Crippen LogP contribution in [-0.4, -0.2) is 45.0 Å². The van der Waals surface area contributed by atoms with E-state index in [2.05, 4.69) is 0 Å². The zero-order valence-electron chi connectivity index (χ0n) is 10.1. The Morgan fingerprint density at radius 2 is 2.12 bits per heavy atom. The van der Waals surface area contributed by atoms with Gasteiger partial charge in [0.15, 0.2) is 5.12 Å². The van der Waals surface area contributed by atoms with E-state index in [1.807, 2.05) is 0 Å². The number of thioether (sulfide) groups is 1. The van der Waals surface area contributed by atoms with Crippen LogP contribution in [0, 0.1) is 0 Å². The summed E-state index contributed by atoms with van der Waals surface area (Å²) >= 11 is 1.25. The van der Waals surface area contributed by atoms with Crippen molar-refractivity contribution < 1.29 is 14.7 Å². The molecular weight excluding hydrogens is 238 g/mol. The van der Waals surface area contributed by atoms with Gasteiger partial charge in [0.05, 0.1) is 12.1 Å². The van der Waals surface area contributed by atoms with E-state index in [1.165, 1.54) is 18.7 Å². The quantitative estimate of drug-likeness (QED) is 0.807. The van der Waals surface area contributed by atoms with Gasteiger partial charge in [-0.1, -0.05) is 24.6 Å². The lowest BCUT2D eigenvalue weighted by Gasteiger charge is -2.35. The molecule has 1 amide bonds. The largest absolute Gasteiger partial charge is 0.391 e. The maximum atomic E-state index is 11.9. The van der Waals surface area contributed by atoms with Gasteiger partial charge in [-0.25, -0.2) is 0 Å². The van der Waals surface area contributed by atoms with Gasteiger partial charge in [0.2, 0.25) is 5.91 Å². The molecule has 3 unspecified atom stereocenters. The smallest absolute Gasteiger partial charge is 0.224 e. The molecule has 4 nitrogen and oxygen atoms in total. The minimum Gasteiger partial charge on any atom is -0.391 e. The standard InChI is InChI=1S/C12H19NO3S/c1-8(14)17-9-6-12(16)13(7-9)10-4-2-3-5-11(10)15/h9-11,15H,2-7H2,1H3. The van der Waals surface area contributed by atoms with Gasteiger partial charge < -0.3 is 10.0 Å². The number of rotatable bonds is 2. The Kier molecular flexibility index (Phi) is 4.09. The van der Waals surface area contributed by atoms with Crippen molar-refractivity contribution >= 4 is 22.8 Å². The van der Waals surface area contributed by atoms with E-state index >= 15 is 0 Å². The molecule has 1 heterocycles. The Morgan fingerprint density at radius 1 is 1.41 bits per heavy atom. The second-order valence-corrected chi connectivity index (χ2v) is 6.38. The van der Waals surface area contributed by atoms with Gasteiger partial charge in [-0.2, -0.15) is 0 Å².